The predicted molar refractivity (Wildman–Crippen MR) is 37.4 cm³/mol. The molecule has 0 spiro atoms. The third-order valence-electron chi connectivity index (χ3n) is 1.56. The fraction of sp³-hybridized carbons (Fsp3) is 0.714. The highest BCUT2D eigenvalue weighted by atomic mass is 35.5. The molecule has 0 aromatic rings. The first-order valence-corrected chi connectivity index (χ1v) is 3.45. The van der Waals surface area contributed by atoms with Crippen LogP contribution in [0.3, 0.4) is 0 Å². The molecule has 1 aliphatic rings. The quantitative estimate of drug-likeness (QED) is 0.427. The molecule has 0 aliphatic carbocycles. The molecule has 0 saturated heterocycles. The summed E-state index contributed by atoms with van der Waals surface area (Å²) in [5.74, 6) is 0. The minimum Gasteiger partial charge on any atom is -1.00 e. The summed E-state index contributed by atoms with van der Waals surface area (Å²) in [6, 6.07) is 0. The molecule has 0 aromatic carbocycles. The first-order valence-electron chi connectivity index (χ1n) is 3.45. The Balaban J connectivity index is 0.000000810. The lowest BCUT2D eigenvalue weighted by Gasteiger charge is -2.08. The van der Waals surface area contributed by atoms with Crippen LogP contribution in [0.1, 0.15) is 13.8 Å². The maximum absolute atomic E-state index is 3.14. The van der Waals surface area contributed by atoms with Crippen LogP contribution in [0.4, 0.5) is 0 Å². The summed E-state index contributed by atoms with van der Waals surface area (Å²) < 4.78 is 0. The number of rotatable bonds is 2. The zero-order valence-electron chi connectivity index (χ0n) is 6.47. The third kappa shape index (κ3) is 2.05. The zero-order chi connectivity index (χ0) is 6.69. The summed E-state index contributed by atoms with van der Waals surface area (Å²) in [5, 5.41) is 0. The SMILES string of the molecule is CCN1[C+]=CN(CC)C1.[Cl-]. The first kappa shape index (κ1) is 9.54. The van der Waals surface area contributed by atoms with Crippen molar-refractivity contribution in [2.24, 2.45) is 0 Å². The molecule has 2 nitrogen and oxygen atoms in total. The topological polar surface area (TPSA) is 6.48 Å². The van der Waals surface area contributed by atoms with E-state index in [9.17, 15) is 0 Å². The molecular weight excluding hydrogens is 148 g/mol. The summed E-state index contributed by atoms with van der Waals surface area (Å²) in [6.45, 7) is 7.46. The molecule has 10 heavy (non-hydrogen) atoms. The minimum atomic E-state index is 0. The molecule has 0 saturated carbocycles. The molecule has 0 unspecified atom stereocenters. The van der Waals surface area contributed by atoms with E-state index in [1.54, 1.807) is 0 Å². The highest BCUT2D eigenvalue weighted by Crippen LogP contribution is 2.02. The lowest BCUT2D eigenvalue weighted by atomic mass is 10.6. The summed E-state index contributed by atoms with van der Waals surface area (Å²) in [5.41, 5.74) is 0. The van der Waals surface area contributed by atoms with Crippen molar-refractivity contribution in [3.63, 3.8) is 0 Å². The summed E-state index contributed by atoms with van der Waals surface area (Å²) in [6.07, 6.45) is 5.16. The monoisotopic (exact) mass is 160 g/mol. The van der Waals surface area contributed by atoms with E-state index in [0.717, 1.165) is 19.8 Å². The fourth-order valence-electron chi connectivity index (χ4n) is 0.847. The van der Waals surface area contributed by atoms with E-state index in [0.29, 0.717) is 0 Å². The van der Waals surface area contributed by atoms with E-state index >= 15 is 0 Å². The van der Waals surface area contributed by atoms with Crippen LogP contribution in [0.2, 0.25) is 0 Å². The molecule has 3 heteroatoms. The molecule has 58 valence electrons. The molecule has 0 bridgehead atoms. The third-order valence-corrected chi connectivity index (χ3v) is 1.56. The highest BCUT2D eigenvalue weighted by Gasteiger charge is 2.20. The summed E-state index contributed by atoms with van der Waals surface area (Å²) >= 11 is 0. The van der Waals surface area contributed by atoms with E-state index in [2.05, 4.69) is 29.8 Å². The van der Waals surface area contributed by atoms with Crippen LogP contribution >= 0.6 is 0 Å². The first-order chi connectivity index (χ1) is 4.36. The van der Waals surface area contributed by atoms with Crippen molar-refractivity contribution in [3.05, 3.63) is 12.4 Å². The van der Waals surface area contributed by atoms with Gasteiger partial charge in [0.2, 0.25) is 0 Å². The maximum Gasteiger partial charge on any atom is 0.391 e. The molecule has 0 aromatic heterocycles. The summed E-state index contributed by atoms with van der Waals surface area (Å²) in [4.78, 5) is 4.38. The Kier molecular flexibility index (Phi) is 4.17. The van der Waals surface area contributed by atoms with Crippen LogP contribution < -0.4 is 12.4 Å². The lowest BCUT2D eigenvalue weighted by molar-refractivity contribution is -0.00000204. The normalized spacial score (nSPS) is 15.0. The highest BCUT2D eigenvalue weighted by molar-refractivity contribution is 4.82. The van der Waals surface area contributed by atoms with Gasteiger partial charge >= 0.3 is 6.20 Å². The molecular formula is C7H13ClN2. The Morgan fingerprint density at radius 3 is 2.40 bits per heavy atom. The second kappa shape index (κ2) is 4.37. The molecule has 0 amide bonds. The van der Waals surface area contributed by atoms with Crippen molar-refractivity contribution in [2.45, 2.75) is 13.8 Å². The molecule has 0 fully saturated rings. The number of hydrogen-bond acceptors (Lipinski definition) is 2. The number of halogens is 1. The van der Waals surface area contributed by atoms with Crippen molar-refractivity contribution >= 4 is 0 Å². The van der Waals surface area contributed by atoms with E-state index in [-0.39, 0.29) is 12.4 Å². The fourth-order valence-corrected chi connectivity index (χ4v) is 0.847. The van der Waals surface area contributed by atoms with E-state index in [4.69, 9.17) is 0 Å². The Hall–Kier alpha value is -0.460. The second-order valence-electron chi connectivity index (χ2n) is 2.16. The molecule has 0 N–H and O–H groups in total. The van der Waals surface area contributed by atoms with Gasteiger partial charge in [-0.25, -0.2) is 0 Å². The van der Waals surface area contributed by atoms with Gasteiger partial charge in [0.15, 0.2) is 0 Å². The summed E-state index contributed by atoms with van der Waals surface area (Å²) in [7, 11) is 0. The smallest absolute Gasteiger partial charge is 0.391 e. The Bertz CT molecular complexity index is 102. The minimum absolute atomic E-state index is 0. The van der Waals surface area contributed by atoms with Crippen LogP contribution in [0.5, 0.6) is 0 Å². The van der Waals surface area contributed by atoms with Crippen LogP contribution in [0.15, 0.2) is 6.20 Å². The van der Waals surface area contributed by atoms with Gasteiger partial charge in [0.1, 0.15) is 6.67 Å². The second-order valence-corrected chi connectivity index (χ2v) is 2.16. The number of hydrogen-bond donors (Lipinski definition) is 0. The maximum atomic E-state index is 3.14. The Morgan fingerprint density at radius 2 is 2.10 bits per heavy atom. The zero-order valence-corrected chi connectivity index (χ0v) is 7.23. The van der Waals surface area contributed by atoms with Crippen molar-refractivity contribution in [2.75, 3.05) is 19.8 Å². The van der Waals surface area contributed by atoms with Gasteiger partial charge in [-0.15, -0.1) is 0 Å². The van der Waals surface area contributed by atoms with Crippen LogP contribution in [-0.4, -0.2) is 29.6 Å². The molecule has 1 aliphatic heterocycles. The average molecular weight is 161 g/mol. The van der Waals surface area contributed by atoms with Gasteiger partial charge in [-0.05, 0) is 13.8 Å². The molecule has 0 radical (unpaired) electrons. The van der Waals surface area contributed by atoms with Crippen molar-refractivity contribution < 1.29 is 12.4 Å². The van der Waals surface area contributed by atoms with Crippen molar-refractivity contribution in [3.8, 4) is 0 Å². The number of nitrogens with zero attached hydrogens (tertiary/aromatic N) is 2. The molecule has 1 rings (SSSR count). The standard InChI is InChI=1S/C7H13N2.ClH/c1-3-8-5-6-9(4-2)7-8;/h5H,3-4,7H2,1-2H3;1H/q+1;/p-1. The van der Waals surface area contributed by atoms with Gasteiger partial charge in [-0.1, -0.05) is 0 Å². The lowest BCUT2D eigenvalue weighted by Crippen LogP contribution is -3.00. The van der Waals surface area contributed by atoms with Gasteiger partial charge in [0.25, 0.3) is 6.20 Å². The van der Waals surface area contributed by atoms with Gasteiger partial charge < -0.3 is 17.3 Å². The molecule has 0 atom stereocenters. The van der Waals surface area contributed by atoms with Gasteiger partial charge in [0, 0.05) is 6.54 Å². The van der Waals surface area contributed by atoms with Crippen molar-refractivity contribution in [1.29, 1.82) is 0 Å². The van der Waals surface area contributed by atoms with Crippen molar-refractivity contribution in [1.82, 2.24) is 9.80 Å². The Labute approximate surface area is 68.9 Å². The molecule has 1 heterocycles. The van der Waals surface area contributed by atoms with E-state index < -0.39 is 0 Å². The average Bonchev–Trinajstić information content (AvgIpc) is 2.34. The van der Waals surface area contributed by atoms with E-state index in [1.807, 2.05) is 6.20 Å². The predicted octanol–water partition coefficient (Wildman–Crippen LogP) is -2.12. The van der Waals surface area contributed by atoms with Gasteiger partial charge in [0.05, 0.1) is 6.54 Å². The van der Waals surface area contributed by atoms with E-state index in [1.165, 1.54) is 0 Å². The van der Waals surface area contributed by atoms with Crippen LogP contribution in [0.25, 0.3) is 0 Å². The van der Waals surface area contributed by atoms with Gasteiger partial charge in [-0.2, -0.15) is 4.90 Å². The van der Waals surface area contributed by atoms with Crippen LogP contribution in [0, 0.1) is 6.20 Å². The van der Waals surface area contributed by atoms with Crippen LogP contribution in [-0.2, 0) is 0 Å². The largest absolute Gasteiger partial charge is 1.00 e. The Morgan fingerprint density at radius 1 is 1.40 bits per heavy atom. The van der Waals surface area contributed by atoms with Gasteiger partial charge in [-0.3, -0.25) is 0 Å².